The normalized spacial score (nSPS) is 21.1. The standard InChI is InChI=1S/C13H17N3O3S/c1-4-8-6-14-11(20-8)7(3)16-12(18)9(5-2)10(17)15-13(16)19/h6-7,9H,4-5H2,1-3H3,(H,15,17,19). The van der Waals surface area contributed by atoms with E-state index in [1.165, 1.54) is 11.3 Å². The van der Waals surface area contributed by atoms with Crippen LogP contribution >= 0.6 is 11.3 Å². The van der Waals surface area contributed by atoms with Crippen molar-refractivity contribution >= 4 is 29.2 Å². The van der Waals surface area contributed by atoms with Gasteiger partial charge < -0.3 is 0 Å². The lowest BCUT2D eigenvalue weighted by Crippen LogP contribution is -2.58. The summed E-state index contributed by atoms with van der Waals surface area (Å²) in [6, 6.07) is -1.12. The number of imide groups is 2. The maximum absolute atomic E-state index is 12.3. The first-order valence-corrected chi connectivity index (χ1v) is 7.43. The maximum atomic E-state index is 12.3. The minimum absolute atomic E-state index is 0.374. The molecule has 0 aromatic carbocycles. The summed E-state index contributed by atoms with van der Waals surface area (Å²) in [5.41, 5.74) is 0. The Morgan fingerprint density at radius 3 is 2.65 bits per heavy atom. The Balaban J connectivity index is 2.27. The SMILES string of the molecule is CCc1cnc(C(C)N2C(=O)NC(=O)C(CC)C2=O)s1. The molecule has 0 saturated carbocycles. The lowest BCUT2D eigenvalue weighted by molar-refractivity contribution is -0.144. The molecule has 1 N–H and O–H groups in total. The zero-order chi connectivity index (χ0) is 14.9. The summed E-state index contributed by atoms with van der Waals surface area (Å²) < 4.78 is 0. The molecule has 2 rings (SSSR count). The number of carbonyl (C=O) groups is 3. The third-order valence-corrected chi connectivity index (χ3v) is 4.69. The zero-order valence-electron chi connectivity index (χ0n) is 11.7. The smallest absolute Gasteiger partial charge is 0.277 e. The number of aryl methyl sites for hydroxylation is 1. The second-order valence-corrected chi connectivity index (χ2v) is 5.80. The van der Waals surface area contributed by atoms with E-state index >= 15 is 0 Å². The van der Waals surface area contributed by atoms with Crippen LogP contribution in [0.3, 0.4) is 0 Å². The Labute approximate surface area is 121 Å². The Kier molecular flexibility index (Phi) is 4.17. The van der Waals surface area contributed by atoms with Gasteiger partial charge in [-0.1, -0.05) is 13.8 Å². The molecule has 4 amide bonds. The molecule has 1 saturated heterocycles. The Hall–Kier alpha value is -1.76. The number of carbonyl (C=O) groups excluding carboxylic acids is 3. The second-order valence-electron chi connectivity index (χ2n) is 4.66. The summed E-state index contributed by atoms with van der Waals surface area (Å²) in [5.74, 6) is -1.75. The fourth-order valence-electron chi connectivity index (χ4n) is 2.15. The van der Waals surface area contributed by atoms with Crippen molar-refractivity contribution in [1.29, 1.82) is 0 Å². The van der Waals surface area contributed by atoms with Gasteiger partial charge in [-0.3, -0.25) is 19.8 Å². The third kappa shape index (κ3) is 2.45. The van der Waals surface area contributed by atoms with E-state index in [1.807, 2.05) is 6.92 Å². The number of aromatic nitrogens is 1. The quantitative estimate of drug-likeness (QED) is 0.860. The van der Waals surface area contributed by atoms with Crippen LogP contribution in [0.2, 0.25) is 0 Å². The highest BCUT2D eigenvalue weighted by Gasteiger charge is 2.42. The molecular weight excluding hydrogens is 278 g/mol. The van der Waals surface area contributed by atoms with Gasteiger partial charge in [0.1, 0.15) is 10.9 Å². The van der Waals surface area contributed by atoms with Gasteiger partial charge in [-0.2, -0.15) is 0 Å². The number of nitrogens with zero attached hydrogens (tertiary/aromatic N) is 2. The summed E-state index contributed by atoms with van der Waals surface area (Å²) in [4.78, 5) is 42.3. The van der Waals surface area contributed by atoms with Crippen molar-refractivity contribution in [3.63, 3.8) is 0 Å². The fourth-order valence-corrected chi connectivity index (χ4v) is 3.05. The average Bonchev–Trinajstić information content (AvgIpc) is 2.87. The number of nitrogens with one attached hydrogen (secondary N) is 1. The van der Waals surface area contributed by atoms with Crippen molar-refractivity contribution in [1.82, 2.24) is 15.2 Å². The van der Waals surface area contributed by atoms with Crippen molar-refractivity contribution in [3.05, 3.63) is 16.1 Å². The van der Waals surface area contributed by atoms with E-state index in [-0.39, 0.29) is 0 Å². The number of amides is 4. The van der Waals surface area contributed by atoms with E-state index in [0.717, 1.165) is 16.2 Å². The highest BCUT2D eigenvalue weighted by molar-refractivity contribution is 7.11. The zero-order valence-corrected chi connectivity index (χ0v) is 12.5. The monoisotopic (exact) mass is 295 g/mol. The molecule has 6 nitrogen and oxygen atoms in total. The number of hydrogen-bond acceptors (Lipinski definition) is 5. The molecule has 1 aromatic rings. The first-order chi connectivity index (χ1) is 9.49. The highest BCUT2D eigenvalue weighted by atomic mass is 32.1. The lowest BCUT2D eigenvalue weighted by Gasteiger charge is -2.32. The fraction of sp³-hybridized carbons (Fsp3) is 0.538. The van der Waals surface area contributed by atoms with Gasteiger partial charge in [-0.25, -0.2) is 9.78 Å². The first kappa shape index (κ1) is 14.6. The minimum atomic E-state index is -0.791. The molecule has 2 unspecified atom stereocenters. The van der Waals surface area contributed by atoms with Crippen LogP contribution in [-0.4, -0.2) is 27.7 Å². The van der Waals surface area contributed by atoms with Crippen LogP contribution < -0.4 is 5.32 Å². The number of hydrogen-bond donors (Lipinski definition) is 1. The molecule has 20 heavy (non-hydrogen) atoms. The molecule has 1 aliphatic heterocycles. The molecule has 108 valence electrons. The molecule has 0 spiro atoms. The minimum Gasteiger partial charge on any atom is -0.277 e. The van der Waals surface area contributed by atoms with Crippen LogP contribution in [0.4, 0.5) is 4.79 Å². The topological polar surface area (TPSA) is 79.4 Å². The van der Waals surface area contributed by atoms with Gasteiger partial charge in [0, 0.05) is 11.1 Å². The van der Waals surface area contributed by atoms with E-state index in [0.29, 0.717) is 11.4 Å². The van der Waals surface area contributed by atoms with Crippen LogP contribution in [0.5, 0.6) is 0 Å². The van der Waals surface area contributed by atoms with Gasteiger partial charge in [0.25, 0.3) is 0 Å². The number of rotatable bonds is 4. The number of thiazole rings is 1. The van der Waals surface area contributed by atoms with Crippen molar-refractivity contribution in [2.45, 2.75) is 39.7 Å². The number of barbiturate groups is 1. The van der Waals surface area contributed by atoms with Crippen molar-refractivity contribution < 1.29 is 14.4 Å². The van der Waals surface area contributed by atoms with E-state index in [1.54, 1.807) is 20.0 Å². The predicted molar refractivity (Wildman–Crippen MR) is 74.1 cm³/mol. The molecule has 1 aliphatic rings. The molecule has 0 radical (unpaired) electrons. The summed E-state index contributed by atoms with van der Waals surface area (Å²) in [6.07, 6.45) is 2.99. The van der Waals surface area contributed by atoms with E-state index < -0.39 is 29.8 Å². The van der Waals surface area contributed by atoms with Crippen LogP contribution in [0.25, 0.3) is 0 Å². The van der Waals surface area contributed by atoms with Gasteiger partial charge in [0.15, 0.2) is 0 Å². The van der Waals surface area contributed by atoms with Crippen LogP contribution in [0.1, 0.15) is 43.1 Å². The summed E-state index contributed by atoms with van der Waals surface area (Å²) >= 11 is 1.48. The largest absolute Gasteiger partial charge is 0.331 e. The van der Waals surface area contributed by atoms with Gasteiger partial charge in [0.2, 0.25) is 11.8 Å². The molecule has 2 atom stereocenters. The Morgan fingerprint density at radius 2 is 2.10 bits per heavy atom. The summed E-state index contributed by atoms with van der Waals surface area (Å²) in [7, 11) is 0. The second kappa shape index (κ2) is 5.70. The average molecular weight is 295 g/mol. The van der Waals surface area contributed by atoms with Crippen LogP contribution in [0, 0.1) is 5.92 Å². The third-order valence-electron chi connectivity index (χ3n) is 3.37. The van der Waals surface area contributed by atoms with Gasteiger partial charge in [-0.05, 0) is 19.8 Å². The van der Waals surface area contributed by atoms with Crippen molar-refractivity contribution in [3.8, 4) is 0 Å². The summed E-state index contributed by atoms with van der Waals surface area (Å²) in [6.45, 7) is 5.52. The van der Waals surface area contributed by atoms with E-state index in [2.05, 4.69) is 10.3 Å². The molecule has 0 aliphatic carbocycles. The molecule has 1 aromatic heterocycles. The van der Waals surface area contributed by atoms with E-state index in [4.69, 9.17) is 0 Å². The maximum Gasteiger partial charge on any atom is 0.331 e. The highest BCUT2D eigenvalue weighted by Crippen LogP contribution is 2.28. The summed E-state index contributed by atoms with van der Waals surface area (Å²) in [5, 5.41) is 2.94. The Morgan fingerprint density at radius 1 is 1.40 bits per heavy atom. The molecule has 2 heterocycles. The Bertz CT molecular complexity index is 555. The predicted octanol–water partition coefficient (Wildman–Crippen LogP) is 1.87. The first-order valence-electron chi connectivity index (χ1n) is 6.62. The molecular formula is C13H17N3O3S. The lowest BCUT2D eigenvalue weighted by atomic mass is 10.0. The van der Waals surface area contributed by atoms with Crippen molar-refractivity contribution in [2.75, 3.05) is 0 Å². The molecule has 1 fully saturated rings. The van der Waals surface area contributed by atoms with E-state index in [9.17, 15) is 14.4 Å². The molecule has 7 heteroatoms. The van der Waals surface area contributed by atoms with Crippen LogP contribution in [-0.2, 0) is 16.0 Å². The number of urea groups is 1. The van der Waals surface area contributed by atoms with Gasteiger partial charge >= 0.3 is 6.03 Å². The molecule has 0 bridgehead atoms. The van der Waals surface area contributed by atoms with Gasteiger partial charge in [-0.15, -0.1) is 11.3 Å². The van der Waals surface area contributed by atoms with Crippen molar-refractivity contribution in [2.24, 2.45) is 5.92 Å². The van der Waals surface area contributed by atoms with Gasteiger partial charge in [0.05, 0.1) is 6.04 Å². The van der Waals surface area contributed by atoms with Crippen LogP contribution in [0.15, 0.2) is 6.20 Å².